The summed E-state index contributed by atoms with van der Waals surface area (Å²) in [4.78, 5) is 17.1. The van der Waals surface area contributed by atoms with Crippen LogP contribution in [0.15, 0.2) is 51.7 Å². The number of fused-ring (bicyclic) bond motifs is 1. The molecular weight excluding hydrogens is 328 g/mol. The second-order valence-corrected chi connectivity index (χ2v) is 7.03. The molecule has 2 aromatic carbocycles. The van der Waals surface area contributed by atoms with Gasteiger partial charge in [0.05, 0.1) is 5.56 Å². The predicted octanol–water partition coefficient (Wildman–Crippen LogP) is 3.29. The van der Waals surface area contributed by atoms with Crippen molar-refractivity contribution in [3.05, 3.63) is 63.8 Å². The Kier molecular flexibility index (Phi) is 5.11. The smallest absolute Gasteiger partial charge is 0.201 e. The molecule has 26 heavy (non-hydrogen) atoms. The van der Waals surface area contributed by atoms with Gasteiger partial charge in [-0.05, 0) is 34.3 Å². The standard InChI is InChI=1S/C21H24N2O3/c1-22(2)12-15-10-11-17-18(19(15)24)20(25)16(13-23(3)4)21(26-17)14-8-6-5-7-9-14/h5-11,24H,12-13H2,1-4H3. The molecule has 0 aliphatic heterocycles. The lowest BCUT2D eigenvalue weighted by Gasteiger charge is -2.16. The van der Waals surface area contributed by atoms with Crippen LogP contribution >= 0.6 is 0 Å². The maximum Gasteiger partial charge on any atom is 0.201 e. The van der Waals surface area contributed by atoms with Crippen LogP contribution < -0.4 is 5.43 Å². The van der Waals surface area contributed by atoms with Crippen molar-refractivity contribution in [2.45, 2.75) is 13.1 Å². The van der Waals surface area contributed by atoms with Gasteiger partial charge in [0.25, 0.3) is 0 Å². The molecule has 3 rings (SSSR count). The average molecular weight is 352 g/mol. The number of rotatable bonds is 5. The third-order valence-corrected chi connectivity index (χ3v) is 4.21. The summed E-state index contributed by atoms with van der Waals surface area (Å²) in [5.74, 6) is 0.557. The van der Waals surface area contributed by atoms with Crippen LogP contribution in [0, 0.1) is 0 Å². The van der Waals surface area contributed by atoms with Crippen LogP contribution in [0.4, 0.5) is 0 Å². The molecule has 0 bridgehead atoms. The highest BCUT2D eigenvalue weighted by molar-refractivity contribution is 5.87. The topological polar surface area (TPSA) is 56.9 Å². The van der Waals surface area contributed by atoms with E-state index < -0.39 is 0 Å². The molecule has 1 N–H and O–H groups in total. The van der Waals surface area contributed by atoms with E-state index in [0.29, 0.717) is 35.6 Å². The van der Waals surface area contributed by atoms with Crippen molar-refractivity contribution in [3.8, 4) is 17.1 Å². The van der Waals surface area contributed by atoms with Crippen LogP contribution in [-0.2, 0) is 13.1 Å². The van der Waals surface area contributed by atoms with Gasteiger partial charge in [-0.25, -0.2) is 0 Å². The van der Waals surface area contributed by atoms with E-state index in [1.807, 2.05) is 68.3 Å². The molecule has 5 heteroatoms. The Labute approximate surface area is 153 Å². The molecule has 0 aliphatic rings. The first-order valence-electron chi connectivity index (χ1n) is 8.54. The molecule has 0 amide bonds. The van der Waals surface area contributed by atoms with E-state index in [-0.39, 0.29) is 16.6 Å². The molecule has 0 saturated carbocycles. The molecule has 0 unspecified atom stereocenters. The van der Waals surface area contributed by atoms with Gasteiger partial charge in [0.15, 0.2) is 0 Å². The number of hydrogen-bond donors (Lipinski definition) is 1. The van der Waals surface area contributed by atoms with Crippen molar-refractivity contribution < 1.29 is 9.52 Å². The minimum absolute atomic E-state index is 0.00423. The second kappa shape index (κ2) is 7.32. The summed E-state index contributed by atoms with van der Waals surface area (Å²) in [7, 11) is 7.64. The van der Waals surface area contributed by atoms with Crippen molar-refractivity contribution in [2.24, 2.45) is 0 Å². The average Bonchev–Trinajstić information content (AvgIpc) is 2.59. The molecule has 0 spiro atoms. The molecular formula is C21H24N2O3. The Morgan fingerprint density at radius 1 is 0.923 bits per heavy atom. The van der Waals surface area contributed by atoms with Crippen molar-refractivity contribution in [1.29, 1.82) is 0 Å². The number of phenols is 1. The fraction of sp³-hybridized carbons (Fsp3) is 0.286. The monoisotopic (exact) mass is 352 g/mol. The van der Waals surface area contributed by atoms with Gasteiger partial charge in [-0.1, -0.05) is 36.4 Å². The highest BCUT2D eigenvalue weighted by Crippen LogP contribution is 2.32. The molecule has 0 atom stereocenters. The molecule has 0 aliphatic carbocycles. The van der Waals surface area contributed by atoms with E-state index >= 15 is 0 Å². The number of nitrogens with zero attached hydrogens (tertiary/aromatic N) is 2. The zero-order valence-corrected chi connectivity index (χ0v) is 15.6. The minimum atomic E-state index is -0.183. The number of benzene rings is 2. The lowest BCUT2D eigenvalue weighted by Crippen LogP contribution is -2.20. The van der Waals surface area contributed by atoms with Crippen LogP contribution in [0.3, 0.4) is 0 Å². The minimum Gasteiger partial charge on any atom is -0.507 e. The lowest BCUT2D eigenvalue weighted by molar-refractivity contribution is 0.386. The fourth-order valence-corrected chi connectivity index (χ4v) is 3.10. The normalized spacial score (nSPS) is 11.6. The van der Waals surface area contributed by atoms with Crippen molar-refractivity contribution >= 4 is 11.0 Å². The van der Waals surface area contributed by atoms with Crippen LogP contribution in [-0.4, -0.2) is 43.1 Å². The van der Waals surface area contributed by atoms with Crippen LogP contribution in [0.2, 0.25) is 0 Å². The van der Waals surface area contributed by atoms with Crippen LogP contribution in [0.25, 0.3) is 22.3 Å². The Balaban J connectivity index is 2.31. The Bertz CT molecular complexity index is 976. The summed E-state index contributed by atoms with van der Waals surface area (Å²) < 4.78 is 6.10. The van der Waals surface area contributed by atoms with Gasteiger partial charge >= 0.3 is 0 Å². The van der Waals surface area contributed by atoms with E-state index in [1.54, 1.807) is 12.1 Å². The van der Waals surface area contributed by atoms with Crippen molar-refractivity contribution in [2.75, 3.05) is 28.2 Å². The van der Waals surface area contributed by atoms with Gasteiger partial charge in [0.2, 0.25) is 5.43 Å². The van der Waals surface area contributed by atoms with Crippen LogP contribution in [0.5, 0.6) is 5.75 Å². The maximum atomic E-state index is 13.3. The third kappa shape index (κ3) is 3.49. The zero-order valence-electron chi connectivity index (χ0n) is 15.6. The van der Waals surface area contributed by atoms with Gasteiger partial charge in [-0.3, -0.25) is 4.79 Å². The molecule has 136 valence electrons. The van der Waals surface area contributed by atoms with E-state index in [9.17, 15) is 9.90 Å². The molecule has 5 nitrogen and oxygen atoms in total. The van der Waals surface area contributed by atoms with E-state index in [4.69, 9.17) is 4.42 Å². The first-order valence-corrected chi connectivity index (χ1v) is 8.54. The Hall–Kier alpha value is -2.63. The first-order chi connectivity index (χ1) is 12.4. The quantitative estimate of drug-likeness (QED) is 0.764. The van der Waals surface area contributed by atoms with Gasteiger partial charge in [0, 0.05) is 24.2 Å². The fourth-order valence-electron chi connectivity index (χ4n) is 3.10. The molecule has 1 aromatic heterocycles. The summed E-state index contributed by atoms with van der Waals surface area (Å²) >= 11 is 0. The van der Waals surface area contributed by atoms with Gasteiger partial charge in [-0.2, -0.15) is 0 Å². The second-order valence-electron chi connectivity index (χ2n) is 7.03. The Morgan fingerprint density at radius 3 is 2.19 bits per heavy atom. The van der Waals surface area contributed by atoms with Crippen molar-refractivity contribution in [3.63, 3.8) is 0 Å². The van der Waals surface area contributed by atoms with E-state index in [1.165, 1.54) is 0 Å². The van der Waals surface area contributed by atoms with Gasteiger partial charge in [0.1, 0.15) is 22.5 Å². The molecule has 0 fully saturated rings. The summed E-state index contributed by atoms with van der Waals surface area (Å²) in [5.41, 5.74) is 2.32. The summed E-state index contributed by atoms with van der Waals surface area (Å²) in [6.45, 7) is 0.977. The molecule has 0 saturated heterocycles. The van der Waals surface area contributed by atoms with Gasteiger partial charge in [-0.15, -0.1) is 0 Å². The summed E-state index contributed by atoms with van der Waals surface area (Å²) in [5, 5.41) is 10.9. The largest absolute Gasteiger partial charge is 0.507 e. The third-order valence-electron chi connectivity index (χ3n) is 4.21. The summed E-state index contributed by atoms with van der Waals surface area (Å²) in [6.07, 6.45) is 0. The lowest BCUT2D eigenvalue weighted by atomic mass is 10.0. The zero-order chi connectivity index (χ0) is 18.8. The van der Waals surface area contributed by atoms with E-state index in [0.717, 1.165) is 5.56 Å². The highest BCUT2D eigenvalue weighted by Gasteiger charge is 2.20. The number of aromatic hydroxyl groups is 1. The van der Waals surface area contributed by atoms with Gasteiger partial charge < -0.3 is 19.3 Å². The SMILES string of the molecule is CN(C)Cc1ccc2oc(-c3ccccc3)c(CN(C)C)c(=O)c2c1O. The van der Waals surface area contributed by atoms with Crippen LogP contribution in [0.1, 0.15) is 11.1 Å². The molecule has 3 aromatic rings. The number of phenolic OH excluding ortho intramolecular Hbond substituents is 1. The van der Waals surface area contributed by atoms with E-state index in [2.05, 4.69) is 0 Å². The highest BCUT2D eigenvalue weighted by atomic mass is 16.3. The predicted molar refractivity (Wildman–Crippen MR) is 104 cm³/mol. The Morgan fingerprint density at radius 2 is 1.58 bits per heavy atom. The first kappa shape index (κ1) is 18.2. The van der Waals surface area contributed by atoms with Crippen molar-refractivity contribution in [1.82, 2.24) is 9.80 Å². The number of hydrogen-bond acceptors (Lipinski definition) is 5. The maximum absolute atomic E-state index is 13.3. The molecule has 0 radical (unpaired) electrons. The molecule has 1 heterocycles. The summed E-state index contributed by atoms with van der Waals surface area (Å²) in [6, 6.07) is 13.2.